The number of nitrogen functional groups attached to an aromatic ring is 1. The van der Waals surface area contributed by atoms with E-state index in [4.69, 9.17) is 5.73 Å². The number of anilines is 2. The summed E-state index contributed by atoms with van der Waals surface area (Å²) in [4.78, 5) is 17.1. The lowest BCUT2D eigenvalue weighted by atomic mass is 9.85. The van der Waals surface area contributed by atoms with Crippen LogP contribution in [-0.2, 0) is 0 Å². The van der Waals surface area contributed by atoms with Crippen molar-refractivity contribution in [3.63, 3.8) is 0 Å². The van der Waals surface area contributed by atoms with Gasteiger partial charge in [-0.25, -0.2) is 4.98 Å². The summed E-state index contributed by atoms with van der Waals surface area (Å²) in [6.45, 7) is 0.854. The van der Waals surface area contributed by atoms with Crippen LogP contribution in [0, 0.1) is 16.0 Å². The molecule has 1 aromatic rings. The van der Waals surface area contributed by atoms with Crippen molar-refractivity contribution in [3.05, 3.63) is 22.2 Å². The molecule has 1 saturated heterocycles. The monoisotopic (exact) mass is 262 g/mol. The Balaban J connectivity index is 1.97. The van der Waals surface area contributed by atoms with Crippen LogP contribution in [0.2, 0.25) is 0 Å². The highest BCUT2D eigenvalue weighted by Crippen LogP contribution is 2.41. The fraction of sp³-hybridized carbons (Fsp3) is 0.615. The van der Waals surface area contributed by atoms with Gasteiger partial charge in [0, 0.05) is 18.7 Å². The smallest absolute Gasteiger partial charge is 0.311 e. The lowest BCUT2D eigenvalue weighted by Gasteiger charge is -2.32. The van der Waals surface area contributed by atoms with Gasteiger partial charge in [0.1, 0.15) is 5.82 Å². The molecule has 0 amide bonds. The third-order valence-corrected chi connectivity index (χ3v) is 4.35. The van der Waals surface area contributed by atoms with Crippen LogP contribution in [0.15, 0.2) is 12.1 Å². The third-order valence-electron chi connectivity index (χ3n) is 4.35. The Morgan fingerprint density at radius 2 is 2.11 bits per heavy atom. The molecule has 2 aliphatic rings. The van der Waals surface area contributed by atoms with E-state index >= 15 is 0 Å². The molecular formula is C13H18N4O2. The first-order chi connectivity index (χ1) is 9.16. The lowest BCUT2D eigenvalue weighted by Crippen LogP contribution is -2.35. The van der Waals surface area contributed by atoms with Gasteiger partial charge in [-0.1, -0.05) is 12.8 Å². The van der Waals surface area contributed by atoms with Gasteiger partial charge in [-0.15, -0.1) is 0 Å². The predicted octanol–water partition coefficient (Wildman–Crippen LogP) is 2.34. The van der Waals surface area contributed by atoms with Crippen molar-refractivity contribution in [3.8, 4) is 0 Å². The summed E-state index contributed by atoms with van der Waals surface area (Å²) < 4.78 is 0. The van der Waals surface area contributed by atoms with Crippen molar-refractivity contribution in [2.75, 3.05) is 17.2 Å². The van der Waals surface area contributed by atoms with Crippen molar-refractivity contribution in [2.24, 2.45) is 5.92 Å². The number of pyridine rings is 1. The number of nitrogens with two attached hydrogens (primary N) is 1. The van der Waals surface area contributed by atoms with Gasteiger partial charge < -0.3 is 10.6 Å². The third kappa shape index (κ3) is 2.11. The minimum absolute atomic E-state index is 0.0698. The number of fused-ring (bicyclic) bond motifs is 1. The molecule has 2 heterocycles. The standard InChI is InChI=1S/C13H18N4O2/c14-12-6-5-11(17(18)19)13(15-12)16-8-7-9-3-1-2-4-10(9)16/h5-6,9-10H,1-4,7-8H2,(H2,14,15). The molecule has 2 atom stereocenters. The molecule has 6 nitrogen and oxygen atoms in total. The number of rotatable bonds is 2. The summed E-state index contributed by atoms with van der Waals surface area (Å²) in [7, 11) is 0. The fourth-order valence-electron chi connectivity index (χ4n) is 3.48. The van der Waals surface area contributed by atoms with E-state index in [0.29, 0.717) is 23.6 Å². The van der Waals surface area contributed by atoms with Crippen LogP contribution in [0.5, 0.6) is 0 Å². The maximum absolute atomic E-state index is 11.1. The van der Waals surface area contributed by atoms with Gasteiger partial charge in [-0.05, 0) is 31.2 Å². The number of hydrogen-bond acceptors (Lipinski definition) is 5. The van der Waals surface area contributed by atoms with Gasteiger partial charge in [0.25, 0.3) is 0 Å². The van der Waals surface area contributed by atoms with Crippen LogP contribution in [0.3, 0.4) is 0 Å². The zero-order valence-electron chi connectivity index (χ0n) is 10.8. The van der Waals surface area contributed by atoms with E-state index in [-0.39, 0.29) is 10.6 Å². The molecule has 0 spiro atoms. The molecule has 1 aliphatic heterocycles. The molecule has 19 heavy (non-hydrogen) atoms. The quantitative estimate of drug-likeness (QED) is 0.653. The summed E-state index contributed by atoms with van der Waals surface area (Å²) in [5.74, 6) is 1.47. The normalized spacial score (nSPS) is 26.2. The first-order valence-corrected chi connectivity index (χ1v) is 6.84. The molecule has 3 rings (SSSR count). The Labute approximate surface area is 111 Å². The van der Waals surface area contributed by atoms with Gasteiger partial charge in [-0.3, -0.25) is 10.1 Å². The number of nitrogens with zero attached hydrogens (tertiary/aromatic N) is 3. The minimum Gasteiger partial charge on any atom is -0.384 e. The second-order valence-corrected chi connectivity index (χ2v) is 5.43. The van der Waals surface area contributed by atoms with Gasteiger partial charge >= 0.3 is 5.69 Å². The van der Waals surface area contributed by atoms with E-state index in [1.54, 1.807) is 0 Å². The number of nitro groups is 1. The second-order valence-electron chi connectivity index (χ2n) is 5.43. The summed E-state index contributed by atoms with van der Waals surface area (Å²) in [5, 5.41) is 11.1. The van der Waals surface area contributed by atoms with E-state index in [1.807, 2.05) is 0 Å². The van der Waals surface area contributed by atoms with Crippen molar-refractivity contribution in [1.29, 1.82) is 0 Å². The molecule has 6 heteroatoms. The molecule has 0 aromatic carbocycles. The summed E-state index contributed by atoms with van der Waals surface area (Å²) in [6, 6.07) is 3.37. The average Bonchev–Trinajstić information content (AvgIpc) is 2.82. The van der Waals surface area contributed by atoms with Crippen molar-refractivity contribution >= 4 is 17.3 Å². The van der Waals surface area contributed by atoms with E-state index < -0.39 is 0 Å². The van der Waals surface area contributed by atoms with Crippen molar-refractivity contribution in [1.82, 2.24) is 4.98 Å². The van der Waals surface area contributed by atoms with Crippen LogP contribution in [0.4, 0.5) is 17.3 Å². The molecule has 2 N–H and O–H groups in total. The minimum atomic E-state index is -0.363. The molecule has 1 aromatic heterocycles. The van der Waals surface area contributed by atoms with Crippen LogP contribution < -0.4 is 10.6 Å². The molecule has 0 bridgehead atoms. The van der Waals surface area contributed by atoms with Crippen molar-refractivity contribution < 1.29 is 4.92 Å². The van der Waals surface area contributed by atoms with Gasteiger partial charge in [-0.2, -0.15) is 0 Å². The molecule has 1 aliphatic carbocycles. The average molecular weight is 262 g/mol. The first-order valence-electron chi connectivity index (χ1n) is 6.84. The highest BCUT2D eigenvalue weighted by molar-refractivity contribution is 5.62. The summed E-state index contributed by atoms with van der Waals surface area (Å²) >= 11 is 0. The van der Waals surface area contributed by atoms with Gasteiger partial charge in [0.2, 0.25) is 5.82 Å². The Hall–Kier alpha value is -1.85. The maximum Gasteiger partial charge on any atom is 0.311 e. The van der Waals surface area contributed by atoms with E-state index in [9.17, 15) is 10.1 Å². The highest BCUT2D eigenvalue weighted by Gasteiger charge is 2.38. The molecule has 102 valence electrons. The SMILES string of the molecule is Nc1ccc([N+](=O)[O-])c(N2CCC3CCCCC32)n1. The van der Waals surface area contributed by atoms with Crippen LogP contribution in [0.25, 0.3) is 0 Å². The summed E-state index contributed by atoms with van der Waals surface area (Å²) in [6.07, 6.45) is 5.93. The first kappa shape index (κ1) is 12.2. The van der Waals surface area contributed by atoms with E-state index in [1.165, 1.54) is 31.4 Å². The Kier molecular flexibility index (Phi) is 3.00. The largest absolute Gasteiger partial charge is 0.384 e. The van der Waals surface area contributed by atoms with E-state index in [0.717, 1.165) is 19.4 Å². The molecule has 2 unspecified atom stereocenters. The molecular weight excluding hydrogens is 244 g/mol. The van der Waals surface area contributed by atoms with Gasteiger partial charge in [0.15, 0.2) is 0 Å². The van der Waals surface area contributed by atoms with Crippen molar-refractivity contribution in [2.45, 2.75) is 38.1 Å². The van der Waals surface area contributed by atoms with E-state index in [2.05, 4.69) is 9.88 Å². The molecule has 2 fully saturated rings. The fourth-order valence-corrected chi connectivity index (χ4v) is 3.48. The zero-order valence-corrected chi connectivity index (χ0v) is 10.8. The second kappa shape index (κ2) is 4.68. The number of hydrogen-bond donors (Lipinski definition) is 1. The van der Waals surface area contributed by atoms with Crippen LogP contribution in [-0.4, -0.2) is 22.5 Å². The number of aromatic nitrogens is 1. The zero-order chi connectivity index (χ0) is 13.4. The van der Waals surface area contributed by atoms with Gasteiger partial charge in [0.05, 0.1) is 4.92 Å². The summed E-state index contributed by atoms with van der Waals surface area (Å²) in [5.41, 5.74) is 5.77. The highest BCUT2D eigenvalue weighted by atomic mass is 16.6. The Bertz CT molecular complexity index is 505. The molecule has 1 saturated carbocycles. The predicted molar refractivity (Wildman–Crippen MR) is 73.0 cm³/mol. The Morgan fingerprint density at radius 1 is 1.32 bits per heavy atom. The maximum atomic E-state index is 11.1. The van der Waals surface area contributed by atoms with Crippen LogP contribution in [0.1, 0.15) is 32.1 Å². The lowest BCUT2D eigenvalue weighted by molar-refractivity contribution is -0.384. The molecule has 0 radical (unpaired) electrons. The topological polar surface area (TPSA) is 85.3 Å². The Morgan fingerprint density at radius 3 is 2.89 bits per heavy atom. The van der Waals surface area contributed by atoms with Crippen LogP contribution >= 0.6 is 0 Å².